The summed E-state index contributed by atoms with van der Waals surface area (Å²) in [6.07, 6.45) is -1.50. The zero-order valence-electron chi connectivity index (χ0n) is 7.36. The molecule has 0 heterocycles. The van der Waals surface area contributed by atoms with Crippen molar-refractivity contribution in [2.75, 3.05) is 13.7 Å². The molecule has 76 valence electrons. The Hall–Kier alpha value is -1.20. The van der Waals surface area contributed by atoms with E-state index < -0.39 is 17.1 Å². The zero-order valence-corrected chi connectivity index (χ0v) is 7.36. The predicted octanol–water partition coefficient (Wildman–Crippen LogP) is 0.944. The molecule has 0 aliphatic rings. The lowest BCUT2D eigenvalue weighted by Crippen LogP contribution is -2.12. The molecule has 0 spiro atoms. The number of alkyl halides is 1. The van der Waals surface area contributed by atoms with Crippen molar-refractivity contribution in [1.82, 2.24) is 0 Å². The van der Waals surface area contributed by atoms with Crippen molar-refractivity contribution in [3.8, 4) is 0 Å². The van der Waals surface area contributed by atoms with Gasteiger partial charge in [0.1, 0.15) is 6.17 Å². The highest BCUT2D eigenvalue weighted by atomic mass is 19.1. The monoisotopic (exact) mass is 193 g/mol. The quantitative estimate of drug-likeness (QED) is 0.357. The summed E-state index contributed by atoms with van der Waals surface area (Å²) in [6, 6.07) is 0. The maximum absolute atomic E-state index is 12.8. The van der Waals surface area contributed by atoms with Gasteiger partial charge in [0.2, 0.25) is 6.54 Å². The van der Waals surface area contributed by atoms with E-state index in [1.54, 1.807) is 0 Å². The van der Waals surface area contributed by atoms with Crippen LogP contribution in [0.15, 0.2) is 0 Å². The van der Waals surface area contributed by atoms with E-state index in [-0.39, 0.29) is 25.8 Å². The molecule has 13 heavy (non-hydrogen) atoms. The summed E-state index contributed by atoms with van der Waals surface area (Å²) >= 11 is 0. The standard InChI is InChI=1S/C7H12FNO4/c1-13-7(10)5-6(8)3-2-4-9(11)12/h6H,2-5H2,1H3. The van der Waals surface area contributed by atoms with E-state index in [4.69, 9.17) is 0 Å². The Labute approximate surface area is 75.0 Å². The lowest BCUT2D eigenvalue weighted by molar-refractivity contribution is -0.480. The number of carbonyl (C=O) groups is 1. The first kappa shape index (κ1) is 11.8. The van der Waals surface area contributed by atoms with Gasteiger partial charge in [0.25, 0.3) is 0 Å². The fraction of sp³-hybridized carbons (Fsp3) is 0.857. The number of nitrogens with zero attached hydrogens (tertiary/aromatic N) is 1. The summed E-state index contributed by atoms with van der Waals surface area (Å²) in [5.41, 5.74) is 0. The minimum atomic E-state index is -1.34. The molecule has 0 aliphatic heterocycles. The van der Waals surface area contributed by atoms with E-state index in [0.29, 0.717) is 0 Å². The number of hydrogen-bond acceptors (Lipinski definition) is 4. The van der Waals surface area contributed by atoms with Gasteiger partial charge in [-0.05, 0) is 6.42 Å². The summed E-state index contributed by atoms with van der Waals surface area (Å²) in [6.45, 7) is -0.262. The first-order valence-electron chi connectivity index (χ1n) is 3.89. The molecule has 0 aromatic heterocycles. The molecule has 0 amide bonds. The van der Waals surface area contributed by atoms with E-state index in [9.17, 15) is 19.3 Å². The van der Waals surface area contributed by atoms with Gasteiger partial charge in [0.15, 0.2) is 0 Å². The summed E-state index contributed by atoms with van der Waals surface area (Å²) < 4.78 is 17.0. The second kappa shape index (κ2) is 6.33. The van der Waals surface area contributed by atoms with Crippen LogP contribution >= 0.6 is 0 Å². The topological polar surface area (TPSA) is 69.4 Å². The zero-order chi connectivity index (χ0) is 10.3. The second-order valence-electron chi connectivity index (χ2n) is 2.58. The number of esters is 1. The van der Waals surface area contributed by atoms with Crippen LogP contribution in [0, 0.1) is 10.1 Å². The molecule has 0 aromatic rings. The number of carbonyl (C=O) groups excluding carboxylic acids is 1. The van der Waals surface area contributed by atoms with Crippen molar-refractivity contribution >= 4 is 5.97 Å². The van der Waals surface area contributed by atoms with Gasteiger partial charge in [-0.15, -0.1) is 0 Å². The van der Waals surface area contributed by atoms with Crippen LogP contribution in [-0.2, 0) is 9.53 Å². The number of hydrogen-bond donors (Lipinski definition) is 0. The summed E-state index contributed by atoms with van der Waals surface area (Å²) in [5, 5.41) is 9.85. The maximum atomic E-state index is 12.8. The highest BCUT2D eigenvalue weighted by Crippen LogP contribution is 2.07. The Morgan fingerprint density at radius 1 is 1.69 bits per heavy atom. The second-order valence-corrected chi connectivity index (χ2v) is 2.58. The minimum Gasteiger partial charge on any atom is -0.469 e. The normalized spacial score (nSPS) is 12.2. The first-order valence-corrected chi connectivity index (χ1v) is 3.89. The molecule has 5 nitrogen and oxygen atoms in total. The third-order valence-electron chi connectivity index (χ3n) is 1.47. The number of nitro groups is 1. The fourth-order valence-electron chi connectivity index (χ4n) is 0.808. The molecule has 0 fully saturated rings. The van der Waals surface area contributed by atoms with E-state index in [1.807, 2.05) is 0 Å². The van der Waals surface area contributed by atoms with Crippen molar-refractivity contribution < 1.29 is 18.8 Å². The molecule has 0 rings (SSSR count). The molecule has 0 saturated heterocycles. The summed E-state index contributed by atoms with van der Waals surface area (Å²) in [7, 11) is 1.17. The van der Waals surface area contributed by atoms with Crippen molar-refractivity contribution in [3.05, 3.63) is 10.1 Å². The molecule has 0 aliphatic carbocycles. The Balaban J connectivity index is 3.45. The van der Waals surface area contributed by atoms with Gasteiger partial charge >= 0.3 is 5.97 Å². The lowest BCUT2D eigenvalue weighted by atomic mass is 10.1. The van der Waals surface area contributed by atoms with Gasteiger partial charge in [-0.2, -0.15) is 0 Å². The van der Waals surface area contributed by atoms with Crippen molar-refractivity contribution in [1.29, 1.82) is 0 Å². The van der Waals surface area contributed by atoms with Crippen molar-refractivity contribution in [2.24, 2.45) is 0 Å². The third kappa shape index (κ3) is 7.17. The molecule has 0 N–H and O–H groups in total. The molecular formula is C7H12FNO4. The first-order chi connectivity index (χ1) is 6.06. The van der Waals surface area contributed by atoms with Crippen LogP contribution < -0.4 is 0 Å². The maximum Gasteiger partial charge on any atom is 0.308 e. The fourth-order valence-corrected chi connectivity index (χ4v) is 0.808. The SMILES string of the molecule is COC(=O)CC(F)CCC[N+](=O)[O-]. The third-order valence-corrected chi connectivity index (χ3v) is 1.47. The largest absolute Gasteiger partial charge is 0.469 e. The lowest BCUT2D eigenvalue weighted by Gasteiger charge is -2.03. The van der Waals surface area contributed by atoms with Gasteiger partial charge in [-0.1, -0.05) is 0 Å². The number of methoxy groups -OCH3 is 1. The van der Waals surface area contributed by atoms with Gasteiger partial charge in [0.05, 0.1) is 13.5 Å². The van der Waals surface area contributed by atoms with Gasteiger partial charge in [0, 0.05) is 11.3 Å². The molecule has 6 heteroatoms. The van der Waals surface area contributed by atoms with Crippen LogP contribution in [0.5, 0.6) is 0 Å². The van der Waals surface area contributed by atoms with Gasteiger partial charge < -0.3 is 4.74 Å². The molecule has 0 aromatic carbocycles. The molecule has 0 saturated carbocycles. The molecule has 0 bridgehead atoms. The van der Waals surface area contributed by atoms with Crippen LogP contribution in [0.2, 0.25) is 0 Å². The number of halogens is 1. The number of rotatable bonds is 6. The van der Waals surface area contributed by atoms with Crippen molar-refractivity contribution in [2.45, 2.75) is 25.4 Å². The van der Waals surface area contributed by atoms with Crippen molar-refractivity contribution in [3.63, 3.8) is 0 Å². The van der Waals surface area contributed by atoms with Crippen LogP contribution in [0.1, 0.15) is 19.3 Å². The number of ether oxygens (including phenoxy) is 1. The van der Waals surface area contributed by atoms with E-state index >= 15 is 0 Å². The Morgan fingerprint density at radius 3 is 2.77 bits per heavy atom. The molecule has 1 atom stereocenters. The molecular weight excluding hydrogens is 181 g/mol. The highest BCUT2D eigenvalue weighted by Gasteiger charge is 2.13. The minimum absolute atomic E-state index is 0.0239. The summed E-state index contributed by atoms with van der Waals surface area (Å²) in [5.74, 6) is -0.631. The Kier molecular flexibility index (Phi) is 5.75. The van der Waals surface area contributed by atoms with Crippen LogP contribution in [0.3, 0.4) is 0 Å². The Morgan fingerprint density at radius 2 is 2.31 bits per heavy atom. The van der Waals surface area contributed by atoms with Crippen LogP contribution in [0.4, 0.5) is 4.39 Å². The van der Waals surface area contributed by atoms with Gasteiger partial charge in [-0.3, -0.25) is 14.9 Å². The smallest absolute Gasteiger partial charge is 0.308 e. The van der Waals surface area contributed by atoms with Crippen LogP contribution in [0.25, 0.3) is 0 Å². The van der Waals surface area contributed by atoms with E-state index in [0.717, 1.165) is 0 Å². The average Bonchev–Trinajstić information content (AvgIpc) is 2.03. The summed E-state index contributed by atoms with van der Waals surface area (Å²) in [4.78, 5) is 19.9. The Bertz CT molecular complexity index is 185. The van der Waals surface area contributed by atoms with E-state index in [1.165, 1.54) is 7.11 Å². The van der Waals surface area contributed by atoms with E-state index in [2.05, 4.69) is 4.74 Å². The molecule has 0 radical (unpaired) electrons. The molecule has 1 unspecified atom stereocenters. The average molecular weight is 193 g/mol. The van der Waals surface area contributed by atoms with Gasteiger partial charge in [-0.25, -0.2) is 4.39 Å². The highest BCUT2D eigenvalue weighted by molar-refractivity contribution is 5.69. The van der Waals surface area contributed by atoms with Crippen LogP contribution in [-0.4, -0.2) is 30.7 Å². The predicted molar refractivity (Wildman–Crippen MR) is 42.6 cm³/mol.